The van der Waals surface area contributed by atoms with Crippen molar-refractivity contribution in [2.45, 2.75) is 13.8 Å². The molecule has 3 nitrogen and oxygen atoms in total. The fraction of sp³-hybridized carbons (Fsp3) is 0.133. The predicted molar refractivity (Wildman–Crippen MR) is 79.5 cm³/mol. The standard InChI is InChI=1S/C15H13ClFN3/c1-8-5-9(2)20-13(6-8)19-14(15(20)18)10-3-4-11(16)12(17)7-10/h3-7H,18H2,1-2H3. The van der Waals surface area contributed by atoms with Gasteiger partial charge in [0.15, 0.2) is 0 Å². The van der Waals surface area contributed by atoms with Crippen molar-refractivity contribution >= 4 is 23.1 Å². The third kappa shape index (κ3) is 1.93. The summed E-state index contributed by atoms with van der Waals surface area (Å²) in [5, 5.41) is 0.0862. The van der Waals surface area contributed by atoms with Crippen molar-refractivity contribution in [3.63, 3.8) is 0 Å². The predicted octanol–water partition coefficient (Wildman–Crippen LogP) is 3.99. The lowest BCUT2D eigenvalue weighted by Crippen LogP contribution is -1.98. The van der Waals surface area contributed by atoms with Crippen molar-refractivity contribution in [1.82, 2.24) is 9.38 Å². The van der Waals surface area contributed by atoms with Gasteiger partial charge in [-0.25, -0.2) is 9.37 Å². The fourth-order valence-electron chi connectivity index (χ4n) is 2.41. The number of hydrogen-bond donors (Lipinski definition) is 1. The molecule has 0 aliphatic heterocycles. The summed E-state index contributed by atoms with van der Waals surface area (Å²) in [4.78, 5) is 4.50. The first-order valence-corrected chi connectivity index (χ1v) is 6.56. The molecule has 0 radical (unpaired) electrons. The quantitative estimate of drug-likeness (QED) is 0.736. The summed E-state index contributed by atoms with van der Waals surface area (Å²) in [6, 6.07) is 8.54. The van der Waals surface area contributed by atoms with Crippen LogP contribution in [-0.4, -0.2) is 9.38 Å². The van der Waals surface area contributed by atoms with Gasteiger partial charge in [-0.1, -0.05) is 17.7 Å². The number of anilines is 1. The Balaban J connectivity index is 2.29. The van der Waals surface area contributed by atoms with Gasteiger partial charge in [0.2, 0.25) is 0 Å². The molecule has 20 heavy (non-hydrogen) atoms. The number of halogens is 2. The normalized spacial score (nSPS) is 11.2. The molecule has 102 valence electrons. The molecule has 0 saturated heterocycles. The lowest BCUT2D eigenvalue weighted by molar-refractivity contribution is 0.629. The van der Waals surface area contributed by atoms with Gasteiger partial charge in [0.1, 0.15) is 23.0 Å². The highest BCUT2D eigenvalue weighted by Gasteiger charge is 2.14. The lowest BCUT2D eigenvalue weighted by atomic mass is 10.1. The molecule has 5 heteroatoms. The van der Waals surface area contributed by atoms with Gasteiger partial charge in [0, 0.05) is 11.3 Å². The first kappa shape index (κ1) is 12.9. The van der Waals surface area contributed by atoms with Crippen LogP contribution in [0, 0.1) is 19.7 Å². The Morgan fingerprint density at radius 3 is 2.65 bits per heavy atom. The number of pyridine rings is 1. The summed E-state index contributed by atoms with van der Waals surface area (Å²) in [6.45, 7) is 3.96. The zero-order valence-corrected chi connectivity index (χ0v) is 11.9. The summed E-state index contributed by atoms with van der Waals surface area (Å²) >= 11 is 5.70. The minimum Gasteiger partial charge on any atom is -0.383 e. The summed E-state index contributed by atoms with van der Waals surface area (Å²) in [5.74, 6) is 0.0211. The van der Waals surface area contributed by atoms with Crippen molar-refractivity contribution < 1.29 is 4.39 Å². The topological polar surface area (TPSA) is 43.3 Å². The second kappa shape index (κ2) is 4.49. The van der Waals surface area contributed by atoms with Crippen molar-refractivity contribution in [3.05, 3.63) is 52.4 Å². The maximum Gasteiger partial charge on any atom is 0.142 e. The van der Waals surface area contributed by atoms with E-state index in [-0.39, 0.29) is 5.02 Å². The molecule has 1 aromatic carbocycles. The van der Waals surface area contributed by atoms with Crippen LogP contribution in [0.25, 0.3) is 16.9 Å². The molecule has 0 saturated carbocycles. The van der Waals surface area contributed by atoms with Gasteiger partial charge in [-0.3, -0.25) is 4.40 Å². The first-order chi connectivity index (χ1) is 9.47. The van der Waals surface area contributed by atoms with E-state index < -0.39 is 5.82 Å². The minimum absolute atomic E-state index is 0.0862. The van der Waals surface area contributed by atoms with E-state index in [0.717, 1.165) is 16.9 Å². The number of benzene rings is 1. The van der Waals surface area contributed by atoms with E-state index in [1.807, 2.05) is 30.4 Å². The Morgan fingerprint density at radius 2 is 1.95 bits per heavy atom. The fourth-order valence-corrected chi connectivity index (χ4v) is 2.53. The van der Waals surface area contributed by atoms with E-state index in [1.165, 1.54) is 12.1 Å². The van der Waals surface area contributed by atoms with Crippen molar-refractivity contribution in [1.29, 1.82) is 0 Å². The largest absolute Gasteiger partial charge is 0.383 e. The SMILES string of the molecule is Cc1cc(C)n2c(N)c(-c3ccc(Cl)c(F)c3)nc2c1. The summed E-state index contributed by atoms with van der Waals surface area (Å²) in [6.07, 6.45) is 0. The van der Waals surface area contributed by atoms with Crippen molar-refractivity contribution in [3.8, 4) is 11.3 Å². The number of aromatic nitrogens is 2. The van der Waals surface area contributed by atoms with Gasteiger partial charge in [-0.15, -0.1) is 0 Å². The van der Waals surface area contributed by atoms with Crippen molar-refractivity contribution in [2.24, 2.45) is 0 Å². The Labute approximate surface area is 120 Å². The van der Waals surface area contributed by atoms with Crippen molar-refractivity contribution in [2.75, 3.05) is 5.73 Å². The van der Waals surface area contributed by atoms with Crippen LogP contribution < -0.4 is 5.73 Å². The summed E-state index contributed by atoms with van der Waals surface area (Å²) in [7, 11) is 0. The zero-order valence-electron chi connectivity index (χ0n) is 11.1. The molecule has 0 spiro atoms. The van der Waals surface area contributed by atoms with Gasteiger partial charge in [-0.05, 0) is 43.7 Å². The van der Waals surface area contributed by atoms with Crippen LogP contribution >= 0.6 is 11.6 Å². The van der Waals surface area contributed by atoms with Gasteiger partial charge < -0.3 is 5.73 Å². The molecular formula is C15H13ClFN3. The first-order valence-electron chi connectivity index (χ1n) is 6.18. The molecule has 2 N–H and O–H groups in total. The average molecular weight is 290 g/mol. The van der Waals surface area contributed by atoms with E-state index >= 15 is 0 Å². The Kier molecular flexibility index (Phi) is 2.91. The molecule has 0 aliphatic carbocycles. The monoisotopic (exact) mass is 289 g/mol. The van der Waals surface area contributed by atoms with E-state index in [1.54, 1.807) is 6.07 Å². The smallest absolute Gasteiger partial charge is 0.142 e. The third-order valence-corrected chi connectivity index (χ3v) is 3.58. The number of aryl methyl sites for hydroxylation is 2. The molecule has 2 heterocycles. The zero-order chi connectivity index (χ0) is 14.4. The lowest BCUT2D eigenvalue weighted by Gasteiger charge is -2.04. The van der Waals surface area contributed by atoms with Gasteiger partial charge in [0.25, 0.3) is 0 Å². The molecule has 0 amide bonds. The van der Waals surface area contributed by atoms with E-state index in [4.69, 9.17) is 17.3 Å². The molecule has 0 unspecified atom stereocenters. The molecule has 3 aromatic rings. The van der Waals surface area contributed by atoms with E-state index in [9.17, 15) is 4.39 Å². The number of fused-ring (bicyclic) bond motifs is 1. The minimum atomic E-state index is -0.478. The van der Waals surface area contributed by atoms with Crippen LogP contribution in [0.4, 0.5) is 10.2 Å². The number of nitrogens with zero attached hydrogens (tertiary/aromatic N) is 2. The second-order valence-corrected chi connectivity index (χ2v) is 5.25. The van der Waals surface area contributed by atoms with Crippen LogP contribution in [-0.2, 0) is 0 Å². The Morgan fingerprint density at radius 1 is 1.20 bits per heavy atom. The van der Waals surface area contributed by atoms with Gasteiger partial charge in [0.05, 0.1) is 5.02 Å². The van der Waals surface area contributed by atoms with Crippen LogP contribution in [0.15, 0.2) is 30.3 Å². The van der Waals surface area contributed by atoms with Gasteiger partial charge >= 0.3 is 0 Å². The highest BCUT2D eigenvalue weighted by molar-refractivity contribution is 6.30. The second-order valence-electron chi connectivity index (χ2n) is 4.84. The number of nitrogens with two attached hydrogens (primary N) is 1. The molecule has 0 bridgehead atoms. The molecule has 0 fully saturated rings. The number of imidazole rings is 1. The van der Waals surface area contributed by atoms with E-state index in [2.05, 4.69) is 4.98 Å². The average Bonchev–Trinajstić information content (AvgIpc) is 2.70. The summed E-state index contributed by atoms with van der Waals surface area (Å²) < 4.78 is 15.4. The summed E-state index contributed by atoms with van der Waals surface area (Å²) in [5.41, 5.74) is 10.2. The Bertz CT molecular complexity index is 824. The molecule has 3 rings (SSSR count). The molecule has 0 atom stereocenters. The Hall–Kier alpha value is -2.07. The number of rotatable bonds is 1. The molecule has 0 aliphatic rings. The van der Waals surface area contributed by atoms with Crippen LogP contribution in [0.5, 0.6) is 0 Å². The van der Waals surface area contributed by atoms with Crippen LogP contribution in [0.2, 0.25) is 5.02 Å². The van der Waals surface area contributed by atoms with Crippen LogP contribution in [0.3, 0.4) is 0 Å². The third-order valence-electron chi connectivity index (χ3n) is 3.28. The highest BCUT2D eigenvalue weighted by atomic mass is 35.5. The number of hydrogen-bond acceptors (Lipinski definition) is 2. The maximum absolute atomic E-state index is 13.6. The van der Waals surface area contributed by atoms with Crippen LogP contribution in [0.1, 0.15) is 11.3 Å². The number of nitrogen functional groups attached to an aromatic ring is 1. The highest BCUT2D eigenvalue weighted by Crippen LogP contribution is 2.30. The molecular weight excluding hydrogens is 277 g/mol. The van der Waals surface area contributed by atoms with E-state index in [0.29, 0.717) is 17.1 Å². The van der Waals surface area contributed by atoms with Gasteiger partial charge in [-0.2, -0.15) is 0 Å². The maximum atomic E-state index is 13.6. The molecule has 2 aromatic heterocycles.